The van der Waals surface area contributed by atoms with Gasteiger partial charge in [-0.05, 0) is 35.3 Å². The van der Waals surface area contributed by atoms with Crippen molar-refractivity contribution in [1.29, 1.82) is 0 Å². The van der Waals surface area contributed by atoms with Gasteiger partial charge in [-0.15, -0.1) is 0 Å². The number of rotatable bonds is 6. The van der Waals surface area contributed by atoms with E-state index < -0.39 is 0 Å². The molecule has 0 bridgehead atoms. The van der Waals surface area contributed by atoms with Crippen molar-refractivity contribution in [3.8, 4) is 5.75 Å². The van der Waals surface area contributed by atoms with Gasteiger partial charge in [0, 0.05) is 17.5 Å². The summed E-state index contributed by atoms with van der Waals surface area (Å²) < 4.78 is 11.6. The van der Waals surface area contributed by atoms with Crippen molar-refractivity contribution in [3.63, 3.8) is 0 Å². The molecule has 1 unspecified atom stereocenters. The number of hydrogen-bond donors (Lipinski definition) is 0. The molecule has 24 heavy (non-hydrogen) atoms. The Morgan fingerprint density at radius 3 is 2.79 bits per heavy atom. The predicted molar refractivity (Wildman–Crippen MR) is 97.1 cm³/mol. The van der Waals surface area contributed by atoms with E-state index in [2.05, 4.69) is 26.0 Å². The zero-order valence-corrected chi connectivity index (χ0v) is 14.5. The SMILES string of the molecule is CCCC(=O)OC1C=Cc2c(OCC(C)C)ccc3cccc1c23. The first-order chi connectivity index (χ1) is 11.6. The van der Waals surface area contributed by atoms with E-state index in [-0.39, 0.29) is 12.1 Å². The summed E-state index contributed by atoms with van der Waals surface area (Å²) in [6.45, 7) is 6.93. The number of hydrogen-bond acceptors (Lipinski definition) is 3. The quantitative estimate of drug-likeness (QED) is 0.678. The molecule has 3 rings (SSSR count). The van der Waals surface area contributed by atoms with Crippen LogP contribution in [0.25, 0.3) is 16.8 Å². The topological polar surface area (TPSA) is 35.5 Å². The molecule has 2 aromatic rings. The molecule has 3 nitrogen and oxygen atoms in total. The van der Waals surface area contributed by atoms with E-state index in [0.29, 0.717) is 18.9 Å². The van der Waals surface area contributed by atoms with Crippen LogP contribution in [-0.4, -0.2) is 12.6 Å². The zero-order valence-electron chi connectivity index (χ0n) is 14.5. The average Bonchev–Trinajstić information content (AvgIpc) is 2.56. The van der Waals surface area contributed by atoms with Crippen molar-refractivity contribution in [2.75, 3.05) is 6.61 Å². The second-order valence-corrected chi connectivity index (χ2v) is 6.65. The average molecular weight is 324 g/mol. The van der Waals surface area contributed by atoms with Crippen LogP contribution in [-0.2, 0) is 9.53 Å². The Morgan fingerprint density at radius 1 is 1.21 bits per heavy atom. The van der Waals surface area contributed by atoms with Gasteiger partial charge < -0.3 is 9.47 Å². The van der Waals surface area contributed by atoms with Crippen LogP contribution in [0.3, 0.4) is 0 Å². The highest BCUT2D eigenvalue weighted by Gasteiger charge is 2.22. The lowest BCUT2D eigenvalue weighted by Crippen LogP contribution is -2.12. The Kier molecular flexibility index (Phi) is 4.89. The Morgan fingerprint density at radius 2 is 2.04 bits per heavy atom. The van der Waals surface area contributed by atoms with Crippen LogP contribution in [0.15, 0.2) is 36.4 Å². The standard InChI is InChI=1S/C21H24O3/c1-4-6-20(22)24-19-12-10-17-18(23-13-14(2)3)11-9-15-7-5-8-16(19)21(15)17/h5,7-12,14,19H,4,6,13H2,1-3H3. The smallest absolute Gasteiger partial charge is 0.306 e. The van der Waals surface area contributed by atoms with Crippen LogP contribution < -0.4 is 4.74 Å². The highest BCUT2D eigenvalue weighted by Crippen LogP contribution is 2.39. The number of benzene rings is 2. The number of carbonyl (C=O) groups is 1. The molecule has 0 radical (unpaired) electrons. The van der Waals surface area contributed by atoms with Gasteiger partial charge in [0.05, 0.1) is 6.61 Å². The first-order valence-corrected chi connectivity index (χ1v) is 8.66. The molecule has 1 aliphatic rings. The second-order valence-electron chi connectivity index (χ2n) is 6.65. The Labute approximate surface area is 143 Å². The van der Waals surface area contributed by atoms with Crippen molar-refractivity contribution < 1.29 is 14.3 Å². The summed E-state index contributed by atoms with van der Waals surface area (Å²) in [5.74, 6) is 1.21. The van der Waals surface area contributed by atoms with Crippen LogP contribution >= 0.6 is 0 Å². The van der Waals surface area contributed by atoms with Gasteiger partial charge >= 0.3 is 5.97 Å². The van der Waals surface area contributed by atoms with E-state index in [0.717, 1.165) is 34.1 Å². The van der Waals surface area contributed by atoms with Crippen LogP contribution in [0.2, 0.25) is 0 Å². The second kappa shape index (κ2) is 7.08. The number of carbonyl (C=O) groups excluding carboxylic acids is 1. The molecule has 3 heteroatoms. The van der Waals surface area contributed by atoms with Gasteiger partial charge in [-0.3, -0.25) is 4.79 Å². The molecule has 0 fully saturated rings. The van der Waals surface area contributed by atoms with E-state index in [4.69, 9.17) is 9.47 Å². The molecule has 0 heterocycles. The zero-order chi connectivity index (χ0) is 17.1. The summed E-state index contributed by atoms with van der Waals surface area (Å²) >= 11 is 0. The third kappa shape index (κ3) is 3.30. The molecule has 0 spiro atoms. The maximum atomic E-state index is 11.9. The van der Waals surface area contributed by atoms with Gasteiger partial charge in [-0.1, -0.05) is 51.1 Å². The van der Waals surface area contributed by atoms with E-state index >= 15 is 0 Å². The predicted octanol–water partition coefficient (Wildman–Crippen LogP) is 5.29. The normalized spacial score (nSPS) is 15.8. The maximum Gasteiger partial charge on any atom is 0.306 e. The van der Waals surface area contributed by atoms with Crippen LogP contribution in [0.5, 0.6) is 5.75 Å². The molecule has 0 amide bonds. The lowest BCUT2D eigenvalue weighted by Gasteiger charge is -2.23. The van der Waals surface area contributed by atoms with Crippen LogP contribution in [0.1, 0.15) is 50.8 Å². The molecule has 126 valence electrons. The van der Waals surface area contributed by atoms with Crippen molar-refractivity contribution in [2.45, 2.75) is 39.7 Å². The van der Waals surface area contributed by atoms with E-state index in [1.807, 2.05) is 37.3 Å². The summed E-state index contributed by atoms with van der Waals surface area (Å²) in [6.07, 6.45) is 4.90. The molecule has 0 aliphatic heterocycles. The highest BCUT2D eigenvalue weighted by atomic mass is 16.5. The third-order valence-electron chi connectivity index (χ3n) is 4.11. The molecular weight excluding hydrogens is 300 g/mol. The summed E-state index contributed by atoms with van der Waals surface area (Å²) in [6, 6.07) is 10.2. The van der Waals surface area contributed by atoms with E-state index in [9.17, 15) is 4.79 Å². The minimum absolute atomic E-state index is 0.153. The molecule has 2 aromatic carbocycles. The van der Waals surface area contributed by atoms with Crippen molar-refractivity contribution in [3.05, 3.63) is 47.5 Å². The largest absolute Gasteiger partial charge is 0.493 e. The molecular formula is C21H24O3. The molecule has 1 atom stereocenters. The van der Waals surface area contributed by atoms with Crippen LogP contribution in [0.4, 0.5) is 0 Å². The van der Waals surface area contributed by atoms with E-state index in [1.165, 1.54) is 0 Å². The van der Waals surface area contributed by atoms with Crippen LogP contribution in [0, 0.1) is 5.92 Å². The summed E-state index contributed by atoms with van der Waals surface area (Å²) in [5.41, 5.74) is 2.11. The number of esters is 1. The van der Waals surface area contributed by atoms with E-state index in [1.54, 1.807) is 0 Å². The molecule has 0 saturated heterocycles. The molecule has 0 N–H and O–H groups in total. The van der Waals surface area contributed by atoms with Gasteiger partial charge in [0.25, 0.3) is 0 Å². The molecule has 0 saturated carbocycles. The fourth-order valence-corrected chi connectivity index (χ4v) is 3.00. The minimum atomic E-state index is -0.319. The summed E-state index contributed by atoms with van der Waals surface area (Å²) in [4.78, 5) is 11.9. The summed E-state index contributed by atoms with van der Waals surface area (Å²) in [7, 11) is 0. The lowest BCUT2D eigenvalue weighted by molar-refractivity contribution is -0.147. The highest BCUT2D eigenvalue weighted by molar-refractivity contribution is 5.97. The molecule has 1 aliphatic carbocycles. The fraction of sp³-hybridized carbons (Fsp3) is 0.381. The van der Waals surface area contributed by atoms with Gasteiger partial charge in [-0.2, -0.15) is 0 Å². The fourth-order valence-electron chi connectivity index (χ4n) is 3.00. The monoisotopic (exact) mass is 324 g/mol. The maximum absolute atomic E-state index is 11.9. The van der Waals surface area contributed by atoms with Crippen molar-refractivity contribution in [2.24, 2.45) is 5.92 Å². The van der Waals surface area contributed by atoms with Gasteiger partial charge in [0.2, 0.25) is 0 Å². The lowest BCUT2D eigenvalue weighted by atomic mass is 9.91. The Hall–Kier alpha value is -2.29. The summed E-state index contributed by atoms with van der Waals surface area (Å²) in [5, 5.41) is 2.26. The minimum Gasteiger partial charge on any atom is -0.493 e. The Balaban J connectivity index is 1.99. The number of ether oxygens (including phenoxy) is 2. The third-order valence-corrected chi connectivity index (χ3v) is 4.11. The van der Waals surface area contributed by atoms with Gasteiger partial charge in [0.15, 0.2) is 0 Å². The van der Waals surface area contributed by atoms with Gasteiger partial charge in [-0.25, -0.2) is 0 Å². The van der Waals surface area contributed by atoms with Crippen molar-refractivity contribution in [1.82, 2.24) is 0 Å². The molecule has 0 aromatic heterocycles. The van der Waals surface area contributed by atoms with Gasteiger partial charge in [0.1, 0.15) is 11.9 Å². The first-order valence-electron chi connectivity index (χ1n) is 8.66. The Bertz CT molecular complexity index is 774. The first kappa shape index (κ1) is 16.6. The van der Waals surface area contributed by atoms with Crippen molar-refractivity contribution >= 4 is 22.8 Å².